The summed E-state index contributed by atoms with van der Waals surface area (Å²) in [5, 5.41) is 11.8. The van der Waals surface area contributed by atoms with Gasteiger partial charge in [-0.1, -0.05) is 18.5 Å². The normalized spacial score (nSPS) is 16.2. The van der Waals surface area contributed by atoms with Crippen molar-refractivity contribution in [2.75, 3.05) is 39.2 Å². The molecule has 0 bridgehead atoms. The molecule has 4 N–H and O–H groups in total. The molecule has 1 aromatic carbocycles. The van der Waals surface area contributed by atoms with Crippen LogP contribution in [-0.4, -0.2) is 61.5 Å². The quantitative estimate of drug-likeness (QED) is 0.357. The van der Waals surface area contributed by atoms with Gasteiger partial charge in [0.15, 0.2) is 0 Å². The summed E-state index contributed by atoms with van der Waals surface area (Å²) in [6, 6.07) is 3.01. The van der Waals surface area contributed by atoms with Gasteiger partial charge in [-0.3, -0.25) is 9.59 Å². The molecule has 0 saturated carbocycles. The van der Waals surface area contributed by atoms with Crippen molar-refractivity contribution in [1.82, 2.24) is 10.2 Å². The number of anilines is 1. The largest absolute Gasteiger partial charge is 0.496 e. The summed E-state index contributed by atoms with van der Waals surface area (Å²) in [5.74, 6) is -0.296. The Morgan fingerprint density at radius 3 is 2.67 bits per heavy atom. The van der Waals surface area contributed by atoms with Crippen LogP contribution < -0.4 is 15.8 Å². The highest BCUT2D eigenvalue weighted by molar-refractivity contribution is 6.33. The molecule has 8 nitrogen and oxygen atoms in total. The molecule has 0 aromatic heterocycles. The predicted molar refractivity (Wildman–Crippen MR) is 116 cm³/mol. The Morgan fingerprint density at radius 2 is 2.03 bits per heavy atom. The number of carbonyl (C=O) groups excluding carboxylic acids is 1. The monoisotopic (exact) mass is 441 g/mol. The highest BCUT2D eigenvalue weighted by Crippen LogP contribution is 2.28. The molecule has 1 aromatic rings. The van der Waals surface area contributed by atoms with E-state index in [-0.39, 0.29) is 25.2 Å². The van der Waals surface area contributed by atoms with Gasteiger partial charge in [-0.05, 0) is 44.2 Å². The van der Waals surface area contributed by atoms with Crippen molar-refractivity contribution in [2.24, 2.45) is 5.92 Å². The molecule has 0 spiro atoms. The average Bonchev–Trinajstić information content (AvgIpc) is 2.73. The number of likely N-dealkylation sites (tertiary alicyclic amines) is 1. The molecule has 1 amide bonds. The van der Waals surface area contributed by atoms with Crippen LogP contribution in [0.25, 0.3) is 0 Å². The number of aliphatic carboxylic acids is 1. The summed E-state index contributed by atoms with van der Waals surface area (Å²) in [4.78, 5) is 25.4. The zero-order chi connectivity index (χ0) is 22.1. The zero-order valence-corrected chi connectivity index (χ0v) is 18.4. The number of methoxy groups -OCH3 is 1. The minimum atomic E-state index is -0.732. The van der Waals surface area contributed by atoms with Crippen molar-refractivity contribution < 1.29 is 24.2 Å². The third-order valence-corrected chi connectivity index (χ3v) is 5.77. The summed E-state index contributed by atoms with van der Waals surface area (Å²) in [6.07, 6.45) is 3.85. The van der Waals surface area contributed by atoms with Gasteiger partial charge in [-0.25, -0.2) is 0 Å². The van der Waals surface area contributed by atoms with E-state index in [9.17, 15) is 9.59 Å². The molecule has 1 aliphatic rings. The number of carbonyl (C=O) groups is 2. The van der Waals surface area contributed by atoms with E-state index in [1.807, 2.05) is 0 Å². The lowest BCUT2D eigenvalue weighted by atomic mass is 10.0. The fraction of sp³-hybridized carbons (Fsp3) is 0.619. The van der Waals surface area contributed by atoms with E-state index in [2.05, 4.69) is 17.1 Å². The van der Waals surface area contributed by atoms with Crippen LogP contribution in [0.2, 0.25) is 5.02 Å². The number of hydrogen-bond donors (Lipinski definition) is 3. The minimum absolute atomic E-state index is 0.0999. The summed E-state index contributed by atoms with van der Waals surface area (Å²) < 4.78 is 11.0. The number of nitrogens with two attached hydrogens (primary N) is 1. The number of carboxylic acid groups (broad SMARTS) is 1. The van der Waals surface area contributed by atoms with E-state index in [1.165, 1.54) is 19.2 Å². The Labute approximate surface area is 182 Å². The first-order valence-electron chi connectivity index (χ1n) is 10.3. The molecule has 1 fully saturated rings. The van der Waals surface area contributed by atoms with Crippen molar-refractivity contribution in [2.45, 2.75) is 45.1 Å². The molecule has 1 aliphatic heterocycles. The van der Waals surface area contributed by atoms with Crippen LogP contribution in [0.1, 0.15) is 49.4 Å². The second kappa shape index (κ2) is 12.0. The molecule has 30 heavy (non-hydrogen) atoms. The van der Waals surface area contributed by atoms with Gasteiger partial charge in [0.1, 0.15) is 12.5 Å². The van der Waals surface area contributed by atoms with Gasteiger partial charge in [-0.15, -0.1) is 0 Å². The topological polar surface area (TPSA) is 114 Å². The number of nitrogens with one attached hydrogen (secondary N) is 1. The van der Waals surface area contributed by atoms with Crippen LogP contribution >= 0.6 is 11.6 Å². The van der Waals surface area contributed by atoms with Gasteiger partial charge in [-0.2, -0.15) is 0 Å². The fourth-order valence-electron chi connectivity index (χ4n) is 3.45. The van der Waals surface area contributed by atoms with Crippen LogP contribution in [-0.2, 0) is 9.53 Å². The maximum absolute atomic E-state index is 12.4. The summed E-state index contributed by atoms with van der Waals surface area (Å²) in [6.45, 7) is 5.06. The van der Waals surface area contributed by atoms with E-state index in [4.69, 9.17) is 31.9 Å². The van der Waals surface area contributed by atoms with Crippen molar-refractivity contribution in [3.63, 3.8) is 0 Å². The van der Waals surface area contributed by atoms with E-state index >= 15 is 0 Å². The first-order valence-corrected chi connectivity index (χ1v) is 10.6. The van der Waals surface area contributed by atoms with Crippen LogP contribution in [0.15, 0.2) is 12.1 Å². The Kier molecular flexibility index (Phi) is 9.68. The number of ether oxygens (including phenoxy) is 2. The van der Waals surface area contributed by atoms with Gasteiger partial charge in [0.25, 0.3) is 5.91 Å². The summed E-state index contributed by atoms with van der Waals surface area (Å²) in [7, 11) is 1.47. The molecule has 168 valence electrons. The van der Waals surface area contributed by atoms with Crippen molar-refractivity contribution >= 4 is 29.2 Å². The zero-order valence-electron chi connectivity index (χ0n) is 17.7. The van der Waals surface area contributed by atoms with E-state index in [1.54, 1.807) is 0 Å². The lowest BCUT2D eigenvalue weighted by Crippen LogP contribution is -2.39. The van der Waals surface area contributed by atoms with Crippen molar-refractivity contribution in [3.8, 4) is 5.75 Å². The van der Waals surface area contributed by atoms with E-state index in [0.717, 1.165) is 45.3 Å². The molecular weight excluding hydrogens is 410 g/mol. The van der Waals surface area contributed by atoms with Gasteiger partial charge in [0.2, 0.25) is 0 Å². The standard InChI is InChI=1S/C21H32ClN3O5/c1-14(3-4-20(26)27)5-8-25-9-6-15(7-10-25)30-13-24-21(28)16-11-17(22)18(23)12-19(16)29-2/h11-12,14-15H,3-10,13,23H2,1-2H3,(H,24,28)(H,26,27). The number of rotatable bonds is 11. The van der Waals surface area contributed by atoms with Crippen LogP contribution in [0.5, 0.6) is 5.75 Å². The first-order chi connectivity index (χ1) is 14.3. The SMILES string of the molecule is COc1cc(N)c(Cl)cc1C(=O)NCOC1CCN(CCC(C)CCC(=O)O)CC1. The van der Waals surface area contributed by atoms with Gasteiger partial charge < -0.3 is 30.5 Å². The van der Waals surface area contributed by atoms with Crippen molar-refractivity contribution in [1.29, 1.82) is 0 Å². The molecular formula is C21H32ClN3O5. The number of halogens is 1. The number of carboxylic acids is 1. The van der Waals surface area contributed by atoms with Crippen molar-refractivity contribution in [3.05, 3.63) is 22.7 Å². The lowest BCUT2D eigenvalue weighted by Gasteiger charge is -2.32. The maximum Gasteiger partial charge on any atom is 0.303 e. The third kappa shape index (κ3) is 7.66. The highest BCUT2D eigenvalue weighted by Gasteiger charge is 2.21. The number of piperidine rings is 1. The average molecular weight is 442 g/mol. The fourth-order valence-corrected chi connectivity index (χ4v) is 3.62. The molecule has 0 aliphatic carbocycles. The van der Waals surface area contributed by atoms with Gasteiger partial charge in [0.05, 0.1) is 29.5 Å². The number of benzene rings is 1. The van der Waals surface area contributed by atoms with Crippen LogP contribution in [0, 0.1) is 5.92 Å². The second-order valence-electron chi connectivity index (χ2n) is 7.76. The number of amides is 1. The van der Waals surface area contributed by atoms with Gasteiger partial charge in [0, 0.05) is 25.6 Å². The Hall–Kier alpha value is -2.03. The van der Waals surface area contributed by atoms with Gasteiger partial charge >= 0.3 is 5.97 Å². The van der Waals surface area contributed by atoms with Crippen LogP contribution in [0.3, 0.4) is 0 Å². The maximum atomic E-state index is 12.4. The molecule has 1 unspecified atom stereocenters. The minimum Gasteiger partial charge on any atom is -0.496 e. The molecule has 1 atom stereocenters. The van der Waals surface area contributed by atoms with Crippen LogP contribution in [0.4, 0.5) is 5.69 Å². The Balaban J connectivity index is 1.67. The molecule has 0 radical (unpaired) electrons. The summed E-state index contributed by atoms with van der Waals surface area (Å²) >= 11 is 6.01. The first kappa shape index (κ1) is 24.2. The number of nitrogen functional groups attached to an aromatic ring is 1. The molecule has 1 heterocycles. The highest BCUT2D eigenvalue weighted by atomic mass is 35.5. The smallest absolute Gasteiger partial charge is 0.303 e. The Morgan fingerprint density at radius 1 is 1.33 bits per heavy atom. The Bertz CT molecular complexity index is 723. The number of hydrogen-bond acceptors (Lipinski definition) is 6. The number of nitrogens with zero attached hydrogens (tertiary/aromatic N) is 1. The third-order valence-electron chi connectivity index (χ3n) is 5.44. The molecule has 2 rings (SSSR count). The second-order valence-corrected chi connectivity index (χ2v) is 8.17. The van der Waals surface area contributed by atoms with E-state index < -0.39 is 5.97 Å². The molecule has 1 saturated heterocycles. The lowest BCUT2D eigenvalue weighted by molar-refractivity contribution is -0.137. The summed E-state index contributed by atoms with van der Waals surface area (Å²) in [5.41, 5.74) is 6.41. The van der Waals surface area contributed by atoms with E-state index in [0.29, 0.717) is 27.9 Å². The molecule has 9 heteroatoms. The predicted octanol–water partition coefficient (Wildman–Crippen LogP) is 2.99.